The lowest BCUT2D eigenvalue weighted by Crippen LogP contribution is -2.29. The Labute approximate surface area is 93.8 Å². The van der Waals surface area contributed by atoms with Crippen LogP contribution in [0.25, 0.3) is 0 Å². The third kappa shape index (κ3) is 2.00. The van der Waals surface area contributed by atoms with Crippen molar-refractivity contribution in [3.05, 3.63) is 34.6 Å². The van der Waals surface area contributed by atoms with Crippen LogP contribution in [0.1, 0.15) is 18.0 Å². The van der Waals surface area contributed by atoms with E-state index >= 15 is 0 Å². The van der Waals surface area contributed by atoms with Crippen LogP contribution in [-0.2, 0) is 0 Å². The van der Waals surface area contributed by atoms with Crippen LogP contribution >= 0.6 is 11.6 Å². The van der Waals surface area contributed by atoms with Gasteiger partial charge in [-0.05, 0) is 31.2 Å². The van der Waals surface area contributed by atoms with Gasteiger partial charge in [0, 0.05) is 18.6 Å². The zero-order valence-corrected chi connectivity index (χ0v) is 9.34. The third-order valence-electron chi connectivity index (χ3n) is 2.98. The Balaban J connectivity index is 2.32. The maximum Gasteiger partial charge on any atom is 0.141 e. The highest BCUT2D eigenvalue weighted by atomic mass is 35.5. The predicted octanol–water partition coefficient (Wildman–Crippen LogP) is 2.18. The first-order valence-electron chi connectivity index (χ1n) is 5.00. The first kappa shape index (κ1) is 10.9. The molecule has 0 spiro atoms. The molecule has 0 saturated carbocycles. The van der Waals surface area contributed by atoms with Crippen LogP contribution in [0.3, 0.4) is 0 Å². The van der Waals surface area contributed by atoms with Gasteiger partial charge < -0.3 is 5.73 Å². The second kappa shape index (κ2) is 4.08. The van der Waals surface area contributed by atoms with Crippen LogP contribution in [0.15, 0.2) is 18.2 Å². The molecular weight excluding hydrogens is 215 g/mol. The number of nitrogens with zero attached hydrogens (tertiary/aromatic N) is 1. The average Bonchev–Trinajstić information content (AvgIpc) is 2.52. The Kier molecular flexibility index (Phi) is 2.96. The lowest BCUT2D eigenvalue weighted by molar-refractivity contribution is 0.304. The molecule has 1 heterocycles. The fourth-order valence-electron chi connectivity index (χ4n) is 2.17. The molecule has 0 bridgehead atoms. The van der Waals surface area contributed by atoms with Crippen LogP contribution in [0.2, 0.25) is 5.02 Å². The molecule has 2 atom stereocenters. The molecule has 2 nitrogen and oxygen atoms in total. The molecule has 1 aliphatic rings. The Morgan fingerprint density at radius 3 is 2.80 bits per heavy atom. The molecule has 0 aromatic heterocycles. The molecule has 1 aliphatic heterocycles. The lowest BCUT2D eigenvalue weighted by Gasteiger charge is -2.23. The quantitative estimate of drug-likeness (QED) is 0.799. The number of rotatable bonds is 1. The molecule has 0 aliphatic carbocycles. The van der Waals surface area contributed by atoms with Crippen molar-refractivity contribution in [1.29, 1.82) is 0 Å². The summed E-state index contributed by atoms with van der Waals surface area (Å²) in [4.78, 5) is 2.17. The number of likely N-dealkylation sites (tertiary alicyclic amines) is 1. The van der Waals surface area contributed by atoms with Crippen LogP contribution in [0.5, 0.6) is 0 Å². The highest BCUT2D eigenvalue weighted by Crippen LogP contribution is 2.31. The van der Waals surface area contributed by atoms with Gasteiger partial charge in [-0.2, -0.15) is 0 Å². The fraction of sp³-hybridized carbons (Fsp3) is 0.455. The molecule has 82 valence electrons. The minimum Gasteiger partial charge on any atom is -0.326 e. The summed E-state index contributed by atoms with van der Waals surface area (Å²) in [5.74, 6) is -0.380. The summed E-state index contributed by atoms with van der Waals surface area (Å²) in [5.41, 5.74) is 7.01. The highest BCUT2D eigenvalue weighted by molar-refractivity contribution is 6.30. The van der Waals surface area contributed by atoms with Gasteiger partial charge in [-0.15, -0.1) is 0 Å². The molecule has 2 unspecified atom stereocenters. The van der Waals surface area contributed by atoms with E-state index in [9.17, 15) is 4.39 Å². The topological polar surface area (TPSA) is 29.3 Å². The number of likely N-dealkylation sites (N-methyl/N-ethyl adjacent to an activating group) is 1. The fourth-order valence-corrected chi connectivity index (χ4v) is 2.36. The van der Waals surface area contributed by atoms with Crippen molar-refractivity contribution in [2.24, 2.45) is 5.73 Å². The number of hydrogen-bond donors (Lipinski definition) is 1. The second-order valence-corrected chi connectivity index (χ2v) is 4.46. The predicted molar refractivity (Wildman–Crippen MR) is 59.4 cm³/mol. The summed E-state index contributed by atoms with van der Waals surface area (Å²) in [6.07, 6.45) is 0.968. The normalized spacial score (nSPS) is 27.2. The summed E-state index contributed by atoms with van der Waals surface area (Å²) in [6.45, 7) is 0.973. The van der Waals surface area contributed by atoms with Crippen molar-refractivity contribution < 1.29 is 4.39 Å². The average molecular weight is 229 g/mol. The molecule has 2 rings (SSSR count). The van der Waals surface area contributed by atoms with E-state index in [2.05, 4.69) is 4.90 Å². The monoisotopic (exact) mass is 228 g/mol. The SMILES string of the molecule is CN1CCC(N)C1c1ccc(F)c(Cl)c1. The van der Waals surface area contributed by atoms with Crippen molar-refractivity contribution in [2.45, 2.75) is 18.5 Å². The molecule has 4 heteroatoms. The smallest absolute Gasteiger partial charge is 0.141 e. The van der Waals surface area contributed by atoms with Crippen LogP contribution < -0.4 is 5.73 Å². The Bertz CT molecular complexity index is 360. The van der Waals surface area contributed by atoms with E-state index in [0.717, 1.165) is 18.5 Å². The first-order chi connectivity index (χ1) is 7.09. The molecule has 1 aromatic rings. The van der Waals surface area contributed by atoms with Gasteiger partial charge in [0.05, 0.1) is 5.02 Å². The van der Waals surface area contributed by atoms with Crippen LogP contribution in [0, 0.1) is 5.82 Å². The van der Waals surface area contributed by atoms with E-state index in [4.69, 9.17) is 17.3 Å². The molecule has 1 fully saturated rings. The maximum atomic E-state index is 13.0. The summed E-state index contributed by atoms with van der Waals surface area (Å²) < 4.78 is 13.0. The van der Waals surface area contributed by atoms with Gasteiger partial charge in [0.1, 0.15) is 5.82 Å². The van der Waals surface area contributed by atoms with E-state index in [1.165, 1.54) is 6.07 Å². The summed E-state index contributed by atoms with van der Waals surface area (Å²) >= 11 is 5.75. The summed E-state index contributed by atoms with van der Waals surface area (Å²) in [7, 11) is 2.02. The van der Waals surface area contributed by atoms with Crippen molar-refractivity contribution in [1.82, 2.24) is 4.90 Å². The molecular formula is C11H14ClFN2. The van der Waals surface area contributed by atoms with Crippen molar-refractivity contribution in [2.75, 3.05) is 13.6 Å². The van der Waals surface area contributed by atoms with Gasteiger partial charge in [0.25, 0.3) is 0 Å². The van der Waals surface area contributed by atoms with E-state index in [1.54, 1.807) is 12.1 Å². The summed E-state index contributed by atoms with van der Waals surface area (Å²) in [5, 5.41) is 0.167. The van der Waals surface area contributed by atoms with E-state index in [0.29, 0.717) is 0 Å². The lowest BCUT2D eigenvalue weighted by atomic mass is 10.0. The van der Waals surface area contributed by atoms with Gasteiger partial charge in [0.15, 0.2) is 0 Å². The maximum absolute atomic E-state index is 13.0. The highest BCUT2D eigenvalue weighted by Gasteiger charge is 2.30. The standard InChI is InChI=1S/C11H14ClFN2/c1-15-5-4-10(14)11(15)7-2-3-9(13)8(12)6-7/h2-3,6,10-11H,4-5,14H2,1H3. The molecule has 2 N–H and O–H groups in total. The minimum atomic E-state index is -0.380. The minimum absolute atomic E-state index is 0.108. The number of nitrogens with two attached hydrogens (primary N) is 1. The molecule has 1 saturated heterocycles. The molecule has 0 radical (unpaired) electrons. The zero-order chi connectivity index (χ0) is 11.0. The van der Waals surface area contributed by atoms with Gasteiger partial charge in [-0.25, -0.2) is 4.39 Å². The van der Waals surface area contributed by atoms with E-state index < -0.39 is 0 Å². The molecule has 15 heavy (non-hydrogen) atoms. The van der Waals surface area contributed by atoms with E-state index in [1.807, 2.05) is 7.05 Å². The zero-order valence-electron chi connectivity index (χ0n) is 8.58. The van der Waals surface area contributed by atoms with Crippen molar-refractivity contribution in [3.8, 4) is 0 Å². The largest absolute Gasteiger partial charge is 0.326 e. The van der Waals surface area contributed by atoms with Crippen LogP contribution in [0.4, 0.5) is 4.39 Å². The number of benzene rings is 1. The van der Waals surface area contributed by atoms with Gasteiger partial charge in [0.2, 0.25) is 0 Å². The third-order valence-corrected chi connectivity index (χ3v) is 3.27. The molecule has 0 amide bonds. The Morgan fingerprint density at radius 2 is 2.27 bits per heavy atom. The van der Waals surface area contributed by atoms with E-state index in [-0.39, 0.29) is 22.9 Å². The first-order valence-corrected chi connectivity index (χ1v) is 5.38. The number of halogens is 2. The Morgan fingerprint density at radius 1 is 1.53 bits per heavy atom. The van der Waals surface area contributed by atoms with Gasteiger partial charge >= 0.3 is 0 Å². The van der Waals surface area contributed by atoms with Crippen molar-refractivity contribution >= 4 is 11.6 Å². The summed E-state index contributed by atoms with van der Waals surface area (Å²) in [6, 6.07) is 5.09. The number of hydrogen-bond acceptors (Lipinski definition) is 2. The van der Waals surface area contributed by atoms with Crippen molar-refractivity contribution in [3.63, 3.8) is 0 Å². The second-order valence-electron chi connectivity index (χ2n) is 4.05. The van der Waals surface area contributed by atoms with Gasteiger partial charge in [-0.1, -0.05) is 17.7 Å². The Hall–Kier alpha value is -0.640. The van der Waals surface area contributed by atoms with Gasteiger partial charge in [-0.3, -0.25) is 4.90 Å². The molecule has 1 aromatic carbocycles. The van der Waals surface area contributed by atoms with Crippen LogP contribution in [-0.4, -0.2) is 24.5 Å².